The van der Waals surface area contributed by atoms with Gasteiger partial charge in [-0.15, -0.1) is 0 Å². The van der Waals surface area contributed by atoms with Crippen molar-refractivity contribution in [2.45, 2.75) is 25.3 Å². The van der Waals surface area contributed by atoms with Crippen LogP contribution in [0.5, 0.6) is 5.75 Å². The van der Waals surface area contributed by atoms with Crippen molar-refractivity contribution in [2.24, 2.45) is 5.73 Å². The summed E-state index contributed by atoms with van der Waals surface area (Å²) in [4.78, 5) is 2.30. The van der Waals surface area contributed by atoms with Crippen LogP contribution in [-0.2, 0) is 0 Å². The summed E-state index contributed by atoms with van der Waals surface area (Å²) in [6.45, 7) is 4.38. The standard InChI is InChI=1S/C19H23FN2O/c1-2-23-19-9-7-18(8-10-19)22-12-15(11-17(21)13-22)14-3-5-16(20)6-4-14/h3-10,15,17H,2,11-13,21H2,1H3. The molecule has 4 heteroatoms. The highest BCUT2D eigenvalue weighted by molar-refractivity contribution is 5.50. The molecule has 122 valence electrons. The minimum Gasteiger partial charge on any atom is -0.494 e. The van der Waals surface area contributed by atoms with Crippen LogP contribution >= 0.6 is 0 Å². The maximum atomic E-state index is 13.1. The zero-order chi connectivity index (χ0) is 16.2. The fourth-order valence-electron chi connectivity index (χ4n) is 3.25. The van der Waals surface area contributed by atoms with E-state index in [9.17, 15) is 4.39 Å². The van der Waals surface area contributed by atoms with Gasteiger partial charge in [0.2, 0.25) is 0 Å². The van der Waals surface area contributed by atoms with Gasteiger partial charge in [0.15, 0.2) is 0 Å². The molecule has 0 aliphatic carbocycles. The van der Waals surface area contributed by atoms with Crippen LogP contribution in [0, 0.1) is 5.82 Å². The van der Waals surface area contributed by atoms with Gasteiger partial charge in [0.05, 0.1) is 6.61 Å². The Kier molecular flexibility index (Phi) is 4.82. The van der Waals surface area contributed by atoms with E-state index in [2.05, 4.69) is 17.0 Å². The highest BCUT2D eigenvalue weighted by Crippen LogP contribution is 2.30. The monoisotopic (exact) mass is 314 g/mol. The van der Waals surface area contributed by atoms with Crippen molar-refractivity contribution < 1.29 is 9.13 Å². The fourth-order valence-corrected chi connectivity index (χ4v) is 3.25. The van der Waals surface area contributed by atoms with Crippen LogP contribution in [0.1, 0.15) is 24.8 Å². The van der Waals surface area contributed by atoms with E-state index in [0.29, 0.717) is 12.5 Å². The molecule has 2 atom stereocenters. The zero-order valence-corrected chi connectivity index (χ0v) is 13.4. The van der Waals surface area contributed by atoms with E-state index in [1.165, 1.54) is 12.1 Å². The first-order valence-corrected chi connectivity index (χ1v) is 8.14. The van der Waals surface area contributed by atoms with Gasteiger partial charge in [-0.05, 0) is 55.3 Å². The van der Waals surface area contributed by atoms with Crippen LogP contribution in [0.25, 0.3) is 0 Å². The molecule has 0 radical (unpaired) electrons. The molecule has 1 heterocycles. The van der Waals surface area contributed by atoms with Crippen molar-refractivity contribution in [1.82, 2.24) is 0 Å². The third-order valence-electron chi connectivity index (χ3n) is 4.34. The molecule has 0 amide bonds. The SMILES string of the molecule is CCOc1ccc(N2CC(N)CC(c3ccc(F)cc3)C2)cc1. The Morgan fingerprint density at radius 2 is 1.78 bits per heavy atom. The molecule has 1 aliphatic rings. The van der Waals surface area contributed by atoms with E-state index in [0.717, 1.165) is 36.5 Å². The second-order valence-electron chi connectivity index (χ2n) is 6.08. The summed E-state index contributed by atoms with van der Waals surface area (Å²) >= 11 is 0. The number of rotatable bonds is 4. The van der Waals surface area contributed by atoms with E-state index in [-0.39, 0.29) is 11.9 Å². The lowest BCUT2D eigenvalue weighted by Gasteiger charge is -2.38. The van der Waals surface area contributed by atoms with Gasteiger partial charge in [0, 0.05) is 30.7 Å². The summed E-state index contributed by atoms with van der Waals surface area (Å²) in [6, 6.07) is 15.0. The van der Waals surface area contributed by atoms with Gasteiger partial charge >= 0.3 is 0 Å². The van der Waals surface area contributed by atoms with E-state index < -0.39 is 0 Å². The summed E-state index contributed by atoms with van der Waals surface area (Å²) in [7, 11) is 0. The molecule has 2 aromatic rings. The van der Waals surface area contributed by atoms with Gasteiger partial charge in [-0.25, -0.2) is 4.39 Å². The number of piperidine rings is 1. The zero-order valence-electron chi connectivity index (χ0n) is 13.4. The molecule has 3 rings (SSSR count). The van der Waals surface area contributed by atoms with E-state index in [1.807, 2.05) is 31.2 Å². The molecule has 23 heavy (non-hydrogen) atoms. The summed E-state index contributed by atoms with van der Waals surface area (Å²) in [5.41, 5.74) is 8.56. The van der Waals surface area contributed by atoms with Crippen LogP contribution in [0.2, 0.25) is 0 Å². The molecule has 2 N–H and O–H groups in total. The van der Waals surface area contributed by atoms with E-state index in [1.54, 1.807) is 0 Å². The molecule has 2 unspecified atom stereocenters. The van der Waals surface area contributed by atoms with Crippen molar-refractivity contribution in [1.29, 1.82) is 0 Å². The third kappa shape index (κ3) is 3.82. The molecular formula is C19H23FN2O. The van der Waals surface area contributed by atoms with Crippen molar-refractivity contribution in [3.8, 4) is 5.75 Å². The second kappa shape index (κ2) is 7.01. The van der Waals surface area contributed by atoms with Gasteiger partial charge in [-0.1, -0.05) is 12.1 Å². The van der Waals surface area contributed by atoms with Gasteiger partial charge in [-0.3, -0.25) is 0 Å². The predicted octanol–water partition coefficient (Wildman–Crippen LogP) is 3.55. The molecule has 0 spiro atoms. The first-order chi connectivity index (χ1) is 11.2. The van der Waals surface area contributed by atoms with Gasteiger partial charge in [0.1, 0.15) is 11.6 Å². The number of hydrogen-bond donors (Lipinski definition) is 1. The molecular weight excluding hydrogens is 291 g/mol. The lowest BCUT2D eigenvalue weighted by Crippen LogP contribution is -2.46. The fraction of sp³-hybridized carbons (Fsp3) is 0.368. The quantitative estimate of drug-likeness (QED) is 0.938. The molecule has 0 aromatic heterocycles. The van der Waals surface area contributed by atoms with Gasteiger partial charge in [0.25, 0.3) is 0 Å². The van der Waals surface area contributed by atoms with Crippen LogP contribution < -0.4 is 15.4 Å². The average Bonchev–Trinajstić information content (AvgIpc) is 2.56. The minimum absolute atomic E-state index is 0.116. The van der Waals surface area contributed by atoms with Gasteiger partial charge < -0.3 is 15.4 Å². The summed E-state index contributed by atoms with van der Waals surface area (Å²) in [6.07, 6.45) is 0.930. The van der Waals surface area contributed by atoms with Crippen LogP contribution in [0.15, 0.2) is 48.5 Å². The van der Waals surface area contributed by atoms with Crippen molar-refractivity contribution >= 4 is 5.69 Å². The summed E-state index contributed by atoms with van der Waals surface area (Å²) in [5.74, 6) is 1.01. The summed E-state index contributed by atoms with van der Waals surface area (Å²) in [5, 5.41) is 0. The molecule has 1 fully saturated rings. The molecule has 1 aliphatic heterocycles. The largest absolute Gasteiger partial charge is 0.494 e. The topological polar surface area (TPSA) is 38.5 Å². The number of nitrogens with two attached hydrogens (primary N) is 1. The van der Waals surface area contributed by atoms with Crippen LogP contribution in [0.4, 0.5) is 10.1 Å². The Morgan fingerprint density at radius 1 is 1.09 bits per heavy atom. The van der Waals surface area contributed by atoms with Crippen molar-refractivity contribution in [2.75, 3.05) is 24.6 Å². The predicted molar refractivity (Wildman–Crippen MR) is 91.6 cm³/mol. The van der Waals surface area contributed by atoms with Crippen LogP contribution in [0.3, 0.4) is 0 Å². The molecule has 3 nitrogen and oxygen atoms in total. The minimum atomic E-state index is -0.197. The normalized spacial score (nSPS) is 21.3. The number of ether oxygens (including phenoxy) is 1. The Hall–Kier alpha value is -2.07. The summed E-state index contributed by atoms with van der Waals surface area (Å²) < 4.78 is 18.6. The number of benzene rings is 2. The molecule has 0 bridgehead atoms. The Bertz CT molecular complexity index is 627. The average molecular weight is 314 g/mol. The first kappa shape index (κ1) is 15.8. The Balaban J connectivity index is 1.76. The maximum absolute atomic E-state index is 13.1. The lowest BCUT2D eigenvalue weighted by atomic mass is 9.88. The Morgan fingerprint density at radius 3 is 2.43 bits per heavy atom. The third-order valence-corrected chi connectivity index (χ3v) is 4.34. The molecule has 2 aromatic carbocycles. The van der Waals surface area contributed by atoms with Crippen molar-refractivity contribution in [3.63, 3.8) is 0 Å². The lowest BCUT2D eigenvalue weighted by molar-refractivity contribution is 0.340. The number of halogens is 1. The molecule has 0 saturated carbocycles. The number of hydrogen-bond acceptors (Lipinski definition) is 3. The van der Waals surface area contributed by atoms with E-state index in [4.69, 9.17) is 10.5 Å². The highest BCUT2D eigenvalue weighted by Gasteiger charge is 2.26. The second-order valence-corrected chi connectivity index (χ2v) is 6.08. The smallest absolute Gasteiger partial charge is 0.123 e. The van der Waals surface area contributed by atoms with E-state index >= 15 is 0 Å². The Labute approximate surface area is 136 Å². The van der Waals surface area contributed by atoms with Crippen LogP contribution in [-0.4, -0.2) is 25.7 Å². The number of nitrogens with zero attached hydrogens (tertiary/aromatic N) is 1. The van der Waals surface area contributed by atoms with Crippen molar-refractivity contribution in [3.05, 3.63) is 59.9 Å². The highest BCUT2D eigenvalue weighted by atomic mass is 19.1. The first-order valence-electron chi connectivity index (χ1n) is 8.14. The molecule has 1 saturated heterocycles. The van der Waals surface area contributed by atoms with Gasteiger partial charge in [-0.2, -0.15) is 0 Å². The number of anilines is 1. The maximum Gasteiger partial charge on any atom is 0.123 e.